The summed E-state index contributed by atoms with van der Waals surface area (Å²) in [6.07, 6.45) is 0.687. The van der Waals surface area contributed by atoms with E-state index in [2.05, 4.69) is 5.32 Å². The van der Waals surface area contributed by atoms with Crippen molar-refractivity contribution < 1.29 is 14.6 Å². The monoisotopic (exact) mass is 303 g/mol. The molecule has 0 saturated carbocycles. The summed E-state index contributed by atoms with van der Waals surface area (Å²) in [5.41, 5.74) is 0.645. The summed E-state index contributed by atoms with van der Waals surface area (Å²) in [6.45, 7) is 2.13. The first-order chi connectivity index (χ1) is 9.06. The number of methoxy groups -OCH3 is 1. The van der Waals surface area contributed by atoms with Crippen molar-refractivity contribution >= 4 is 35.0 Å². The highest BCUT2D eigenvalue weighted by Gasteiger charge is 2.08. The van der Waals surface area contributed by atoms with E-state index in [1.165, 1.54) is 11.8 Å². The molecule has 0 heterocycles. The number of rotatable bonds is 7. The van der Waals surface area contributed by atoms with Crippen molar-refractivity contribution in [2.24, 2.45) is 0 Å². The molecule has 0 fully saturated rings. The van der Waals surface area contributed by atoms with E-state index in [9.17, 15) is 4.79 Å². The molecule has 2 N–H and O–H groups in total. The summed E-state index contributed by atoms with van der Waals surface area (Å²) in [5, 5.41) is 12.3. The maximum atomic E-state index is 11.7. The van der Waals surface area contributed by atoms with Gasteiger partial charge in [-0.1, -0.05) is 18.5 Å². The summed E-state index contributed by atoms with van der Waals surface area (Å²) < 4.78 is 5.04. The number of halogens is 1. The van der Waals surface area contributed by atoms with Crippen molar-refractivity contribution in [2.45, 2.75) is 18.6 Å². The van der Waals surface area contributed by atoms with Gasteiger partial charge in [-0.3, -0.25) is 4.79 Å². The molecule has 6 heteroatoms. The van der Waals surface area contributed by atoms with Crippen molar-refractivity contribution in [1.82, 2.24) is 0 Å². The van der Waals surface area contributed by atoms with Gasteiger partial charge in [-0.15, -0.1) is 11.8 Å². The molecular formula is C13H18ClNO3S. The van der Waals surface area contributed by atoms with E-state index in [0.29, 0.717) is 28.6 Å². The number of hydrogen-bond donors (Lipinski definition) is 2. The zero-order chi connectivity index (χ0) is 14.3. The summed E-state index contributed by atoms with van der Waals surface area (Å²) in [7, 11) is 1.54. The Morgan fingerprint density at radius 2 is 2.32 bits per heavy atom. The van der Waals surface area contributed by atoms with E-state index < -0.39 is 0 Å². The molecule has 1 aromatic rings. The summed E-state index contributed by atoms with van der Waals surface area (Å²) in [5.74, 6) is 0.840. The summed E-state index contributed by atoms with van der Waals surface area (Å²) in [6, 6.07) is 5.10. The van der Waals surface area contributed by atoms with Crippen LogP contribution in [0.4, 0.5) is 5.69 Å². The maximum absolute atomic E-state index is 11.7. The molecule has 0 aliphatic rings. The Morgan fingerprint density at radius 3 is 2.89 bits per heavy atom. The SMILES string of the molecule is COc1ccc(NC(=O)CSC(C)CCO)cc1Cl. The standard InChI is InChI=1S/C13H18ClNO3S/c1-9(5-6-16)19-8-13(17)15-10-3-4-12(18-2)11(14)7-10/h3-4,7,9,16H,5-6,8H2,1-2H3,(H,15,17). The topological polar surface area (TPSA) is 58.6 Å². The molecule has 4 nitrogen and oxygen atoms in total. The molecule has 0 aromatic heterocycles. The van der Waals surface area contributed by atoms with Gasteiger partial charge in [-0.2, -0.15) is 0 Å². The molecule has 0 bridgehead atoms. The minimum atomic E-state index is -0.0870. The predicted molar refractivity (Wildman–Crippen MR) is 80.3 cm³/mol. The van der Waals surface area contributed by atoms with E-state index in [1.54, 1.807) is 25.3 Å². The number of ether oxygens (including phenoxy) is 1. The Kier molecular flexibility index (Phi) is 7.05. The molecule has 0 aliphatic heterocycles. The van der Waals surface area contributed by atoms with Crippen LogP contribution in [0.15, 0.2) is 18.2 Å². The Morgan fingerprint density at radius 1 is 1.58 bits per heavy atom. The molecule has 106 valence electrons. The van der Waals surface area contributed by atoms with Gasteiger partial charge in [-0.05, 0) is 24.6 Å². The highest BCUT2D eigenvalue weighted by atomic mass is 35.5. The number of thioether (sulfide) groups is 1. The number of carbonyl (C=O) groups excluding carboxylic acids is 1. The largest absolute Gasteiger partial charge is 0.495 e. The van der Waals surface area contributed by atoms with Crippen LogP contribution < -0.4 is 10.1 Å². The number of nitrogens with one attached hydrogen (secondary N) is 1. The van der Waals surface area contributed by atoms with Crippen molar-refractivity contribution in [3.63, 3.8) is 0 Å². The first-order valence-electron chi connectivity index (χ1n) is 5.92. The number of amides is 1. The fourth-order valence-corrected chi connectivity index (χ4v) is 2.46. The lowest BCUT2D eigenvalue weighted by Crippen LogP contribution is -2.16. The smallest absolute Gasteiger partial charge is 0.234 e. The lowest BCUT2D eigenvalue weighted by atomic mass is 10.3. The fraction of sp³-hybridized carbons (Fsp3) is 0.462. The molecule has 0 saturated heterocycles. The van der Waals surface area contributed by atoms with Crippen LogP contribution in [0.1, 0.15) is 13.3 Å². The van der Waals surface area contributed by atoms with Gasteiger partial charge < -0.3 is 15.2 Å². The third kappa shape index (κ3) is 5.72. The van der Waals surface area contributed by atoms with E-state index in [-0.39, 0.29) is 17.8 Å². The maximum Gasteiger partial charge on any atom is 0.234 e. The Labute approximate surface area is 122 Å². The minimum Gasteiger partial charge on any atom is -0.495 e. The second-order valence-corrected chi connectivity index (χ2v) is 5.87. The lowest BCUT2D eigenvalue weighted by Gasteiger charge is -2.10. The van der Waals surface area contributed by atoms with Crippen LogP contribution in [0, 0.1) is 0 Å². The molecule has 0 radical (unpaired) electrons. The lowest BCUT2D eigenvalue weighted by molar-refractivity contribution is -0.113. The van der Waals surface area contributed by atoms with Crippen LogP contribution in [0.2, 0.25) is 5.02 Å². The molecule has 0 spiro atoms. The van der Waals surface area contributed by atoms with Gasteiger partial charge in [0.1, 0.15) is 5.75 Å². The number of aliphatic hydroxyl groups excluding tert-OH is 1. The van der Waals surface area contributed by atoms with E-state index in [1.807, 2.05) is 6.92 Å². The minimum absolute atomic E-state index is 0.0870. The normalized spacial score (nSPS) is 12.0. The quantitative estimate of drug-likeness (QED) is 0.813. The Bertz CT molecular complexity index is 428. The van der Waals surface area contributed by atoms with E-state index in [0.717, 1.165) is 0 Å². The third-order valence-electron chi connectivity index (χ3n) is 2.47. The molecule has 1 aromatic carbocycles. The number of anilines is 1. The van der Waals surface area contributed by atoms with Crippen molar-refractivity contribution in [2.75, 3.05) is 24.8 Å². The fourth-order valence-electron chi connectivity index (χ4n) is 1.42. The molecule has 1 amide bonds. The van der Waals surface area contributed by atoms with Crippen LogP contribution in [0.3, 0.4) is 0 Å². The van der Waals surface area contributed by atoms with Crippen molar-refractivity contribution in [3.8, 4) is 5.75 Å². The first kappa shape index (κ1) is 16.1. The van der Waals surface area contributed by atoms with Crippen LogP contribution in [-0.4, -0.2) is 35.7 Å². The highest BCUT2D eigenvalue weighted by Crippen LogP contribution is 2.27. The molecular weight excluding hydrogens is 286 g/mol. The van der Waals surface area contributed by atoms with Gasteiger partial charge in [-0.25, -0.2) is 0 Å². The van der Waals surface area contributed by atoms with Gasteiger partial charge >= 0.3 is 0 Å². The van der Waals surface area contributed by atoms with Gasteiger partial charge in [0.15, 0.2) is 0 Å². The van der Waals surface area contributed by atoms with Crippen LogP contribution in [0.5, 0.6) is 5.75 Å². The average molecular weight is 304 g/mol. The van der Waals surface area contributed by atoms with E-state index in [4.69, 9.17) is 21.4 Å². The number of benzene rings is 1. The van der Waals surface area contributed by atoms with Crippen molar-refractivity contribution in [3.05, 3.63) is 23.2 Å². The van der Waals surface area contributed by atoms with Crippen LogP contribution in [0.25, 0.3) is 0 Å². The summed E-state index contributed by atoms with van der Waals surface area (Å²) in [4.78, 5) is 11.7. The second-order valence-electron chi connectivity index (χ2n) is 4.03. The first-order valence-corrected chi connectivity index (χ1v) is 7.35. The Hall–Kier alpha value is -0.910. The van der Waals surface area contributed by atoms with Gasteiger partial charge in [0.25, 0.3) is 0 Å². The van der Waals surface area contributed by atoms with E-state index >= 15 is 0 Å². The molecule has 1 atom stereocenters. The predicted octanol–water partition coefficient (Wildman–Crippen LogP) is 2.79. The van der Waals surface area contributed by atoms with Gasteiger partial charge in [0, 0.05) is 17.5 Å². The summed E-state index contributed by atoms with van der Waals surface area (Å²) >= 11 is 7.48. The van der Waals surface area contributed by atoms with Gasteiger partial charge in [0.2, 0.25) is 5.91 Å². The molecule has 1 unspecified atom stereocenters. The Balaban J connectivity index is 2.46. The second kappa shape index (κ2) is 8.30. The number of aliphatic hydroxyl groups is 1. The van der Waals surface area contributed by atoms with Crippen molar-refractivity contribution in [1.29, 1.82) is 0 Å². The molecule has 1 rings (SSSR count). The van der Waals surface area contributed by atoms with Crippen LogP contribution in [-0.2, 0) is 4.79 Å². The van der Waals surface area contributed by atoms with Crippen LogP contribution >= 0.6 is 23.4 Å². The zero-order valence-electron chi connectivity index (χ0n) is 11.0. The average Bonchev–Trinajstić information content (AvgIpc) is 2.37. The molecule has 0 aliphatic carbocycles. The van der Waals surface area contributed by atoms with Gasteiger partial charge in [0.05, 0.1) is 17.9 Å². The zero-order valence-corrected chi connectivity index (χ0v) is 12.6. The molecule has 19 heavy (non-hydrogen) atoms. The number of hydrogen-bond acceptors (Lipinski definition) is 4. The third-order valence-corrected chi connectivity index (χ3v) is 4.00. The number of carbonyl (C=O) groups is 1. The highest BCUT2D eigenvalue weighted by molar-refractivity contribution is 8.00.